The van der Waals surface area contributed by atoms with Crippen LogP contribution >= 0.6 is 0 Å². The fourth-order valence-electron chi connectivity index (χ4n) is 9.29. The normalized spacial score (nSPS) is 20.6. The number of ketones is 2. The Morgan fingerprint density at radius 1 is 0.877 bits per heavy atom. The van der Waals surface area contributed by atoms with Gasteiger partial charge in [0.05, 0.1) is 36.8 Å². The van der Waals surface area contributed by atoms with E-state index in [0.29, 0.717) is 19.4 Å². The smallest absolute Gasteiger partial charge is 0.226 e. The van der Waals surface area contributed by atoms with Gasteiger partial charge in [-0.2, -0.15) is 0 Å². The molecule has 12 nitrogen and oxygen atoms in total. The number of hydrogen-bond acceptors (Lipinski definition) is 9. The zero-order chi connectivity index (χ0) is 42.4. The molecule has 0 bridgehead atoms. The summed E-state index contributed by atoms with van der Waals surface area (Å²) in [5, 5.41) is 6.09. The van der Waals surface area contributed by atoms with Crippen LogP contribution in [-0.4, -0.2) is 135 Å². The Morgan fingerprint density at radius 2 is 1.53 bits per heavy atom. The topological polar surface area (TPSA) is 138 Å². The van der Waals surface area contributed by atoms with Crippen LogP contribution in [0, 0.1) is 35.5 Å². The van der Waals surface area contributed by atoms with E-state index in [1.165, 1.54) is 0 Å². The number of carbonyl (C=O) groups is 5. The molecule has 2 fully saturated rings. The Balaban J connectivity index is 1.78. The van der Waals surface area contributed by atoms with Gasteiger partial charge in [-0.25, -0.2) is 0 Å². The zero-order valence-corrected chi connectivity index (χ0v) is 36.9. The van der Waals surface area contributed by atoms with E-state index < -0.39 is 36.0 Å². The van der Waals surface area contributed by atoms with E-state index in [0.717, 1.165) is 44.6 Å². The van der Waals surface area contributed by atoms with Crippen molar-refractivity contribution in [2.45, 2.75) is 124 Å². The number of nitrogens with one attached hydrogen (secondary N) is 2. The standard InChI is InChI=1S/C45H75N5O7/c1-12-31(6)42(48(9)45(55)35(29(2)3)27-38(52)41(30(4)5)49-23-20-47-21-24-49)39(56-10)28-40(53)50-22-16-19-36(50)43(57-11)32(7)37(51)26-34(44(54)46-8)25-33-17-14-13-15-18-33/h13-15,17-18,29-32,34-36,39,41-43,47H,12,16,19-28H2,1-11H3,(H,46,54)/t31-,32-,34+,35-,36-,39?,41-,42-,43+/m0/s1. The summed E-state index contributed by atoms with van der Waals surface area (Å²) in [4.78, 5) is 75.4. The van der Waals surface area contributed by atoms with Gasteiger partial charge in [-0.15, -0.1) is 0 Å². The molecule has 0 saturated carbocycles. The summed E-state index contributed by atoms with van der Waals surface area (Å²) >= 11 is 0. The third-order valence-corrected chi connectivity index (χ3v) is 12.8. The van der Waals surface area contributed by atoms with E-state index >= 15 is 0 Å². The van der Waals surface area contributed by atoms with Crippen molar-refractivity contribution in [3.63, 3.8) is 0 Å². The zero-order valence-electron chi connectivity index (χ0n) is 36.9. The molecule has 57 heavy (non-hydrogen) atoms. The maximum Gasteiger partial charge on any atom is 0.226 e. The number of benzene rings is 1. The van der Waals surface area contributed by atoms with E-state index in [-0.39, 0.29) is 78.4 Å². The molecule has 1 aromatic carbocycles. The van der Waals surface area contributed by atoms with Crippen molar-refractivity contribution in [2.75, 3.05) is 61.0 Å². The molecule has 322 valence electrons. The molecule has 12 heteroatoms. The van der Waals surface area contributed by atoms with E-state index in [9.17, 15) is 24.0 Å². The number of likely N-dealkylation sites (tertiary alicyclic amines) is 1. The molecule has 1 aromatic rings. The van der Waals surface area contributed by atoms with E-state index in [1.807, 2.05) is 56.0 Å². The van der Waals surface area contributed by atoms with Crippen LogP contribution in [0.15, 0.2) is 30.3 Å². The molecule has 3 rings (SSSR count). The van der Waals surface area contributed by atoms with Gasteiger partial charge in [0.1, 0.15) is 5.78 Å². The number of methoxy groups -OCH3 is 2. The third kappa shape index (κ3) is 12.9. The second-order valence-electron chi connectivity index (χ2n) is 17.3. The molecule has 0 spiro atoms. The van der Waals surface area contributed by atoms with Gasteiger partial charge in [-0.1, -0.05) is 85.2 Å². The number of amides is 3. The maximum absolute atomic E-state index is 14.5. The summed E-state index contributed by atoms with van der Waals surface area (Å²) < 4.78 is 12.1. The summed E-state index contributed by atoms with van der Waals surface area (Å²) in [5.74, 6) is -1.89. The van der Waals surface area contributed by atoms with Crippen LogP contribution in [-0.2, 0) is 39.9 Å². The first-order valence-electron chi connectivity index (χ1n) is 21.5. The predicted molar refractivity (Wildman–Crippen MR) is 224 cm³/mol. The van der Waals surface area contributed by atoms with Crippen molar-refractivity contribution < 1.29 is 33.4 Å². The van der Waals surface area contributed by atoms with Gasteiger partial charge in [-0.05, 0) is 42.6 Å². The Labute approximate surface area is 343 Å². The van der Waals surface area contributed by atoms with Crippen LogP contribution in [0.2, 0.25) is 0 Å². The van der Waals surface area contributed by atoms with Crippen LogP contribution in [0.25, 0.3) is 0 Å². The number of piperazine rings is 1. The largest absolute Gasteiger partial charge is 0.379 e. The van der Waals surface area contributed by atoms with Crippen LogP contribution in [0.3, 0.4) is 0 Å². The lowest BCUT2D eigenvalue weighted by Crippen LogP contribution is -2.55. The van der Waals surface area contributed by atoms with Gasteiger partial charge < -0.3 is 29.9 Å². The van der Waals surface area contributed by atoms with Gasteiger partial charge in [0.2, 0.25) is 17.7 Å². The summed E-state index contributed by atoms with van der Waals surface area (Å²) in [7, 11) is 6.55. The van der Waals surface area contributed by atoms with Crippen molar-refractivity contribution in [1.29, 1.82) is 0 Å². The lowest BCUT2D eigenvalue weighted by Gasteiger charge is -2.41. The van der Waals surface area contributed by atoms with Crippen LogP contribution in [0.1, 0.15) is 92.6 Å². The summed E-state index contributed by atoms with van der Waals surface area (Å²) in [6.45, 7) is 18.0. The van der Waals surface area contributed by atoms with Crippen molar-refractivity contribution >= 4 is 29.3 Å². The number of carbonyl (C=O) groups excluding carboxylic acids is 5. The molecule has 2 aliphatic rings. The molecular formula is C45H75N5O7. The van der Waals surface area contributed by atoms with Crippen LogP contribution in [0.5, 0.6) is 0 Å². The first-order valence-corrected chi connectivity index (χ1v) is 21.5. The Kier molecular flexibility index (Phi) is 19.8. The molecule has 0 radical (unpaired) electrons. The van der Waals surface area contributed by atoms with Gasteiger partial charge in [0, 0.05) is 91.6 Å². The molecule has 2 saturated heterocycles. The first kappa shape index (κ1) is 48.2. The van der Waals surface area contributed by atoms with E-state index in [4.69, 9.17) is 9.47 Å². The summed E-state index contributed by atoms with van der Waals surface area (Å²) in [6, 6.07) is 8.70. The van der Waals surface area contributed by atoms with Gasteiger partial charge in [-0.3, -0.25) is 28.9 Å². The number of ether oxygens (including phenoxy) is 2. The molecule has 1 unspecified atom stereocenters. The molecule has 2 heterocycles. The fourth-order valence-corrected chi connectivity index (χ4v) is 9.29. The molecule has 0 aliphatic carbocycles. The number of likely N-dealkylation sites (N-methyl/N-ethyl adjacent to an activating group) is 1. The van der Waals surface area contributed by atoms with Crippen LogP contribution in [0.4, 0.5) is 0 Å². The number of hydrogen-bond donors (Lipinski definition) is 2. The second kappa shape index (κ2) is 23.4. The Hall–Kier alpha value is -3.19. The highest BCUT2D eigenvalue weighted by molar-refractivity contribution is 5.90. The second-order valence-corrected chi connectivity index (χ2v) is 17.3. The molecule has 2 aliphatic heterocycles. The van der Waals surface area contributed by atoms with Crippen LogP contribution < -0.4 is 10.6 Å². The maximum atomic E-state index is 14.5. The minimum atomic E-state index is -0.596. The average molecular weight is 798 g/mol. The Morgan fingerprint density at radius 3 is 2.07 bits per heavy atom. The highest BCUT2D eigenvalue weighted by atomic mass is 16.5. The monoisotopic (exact) mass is 798 g/mol. The SMILES string of the molecule is CC[C@H](C)[C@@H](C(CC(=O)N1CCC[C@H]1[C@H](OC)[C@@H](C)C(=O)C[C@@H](Cc1ccccc1)C(=O)NC)OC)N(C)C(=O)[C@@H](CC(=O)[C@H](C(C)C)N1CCNCC1)C(C)C. The van der Waals surface area contributed by atoms with Crippen molar-refractivity contribution in [2.24, 2.45) is 35.5 Å². The number of Topliss-reactive ketones (excluding diaryl/α,β-unsaturated/α-hetero) is 2. The number of rotatable bonds is 23. The summed E-state index contributed by atoms with van der Waals surface area (Å²) in [6.07, 6.45) is 1.80. The molecule has 9 atom stereocenters. The minimum Gasteiger partial charge on any atom is -0.379 e. The molecule has 3 amide bonds. The molecule has 0 aromatic heterocycles. The average Bonchev–Trinajstić information content (AvgIpc) is 3.69. The van der Waals surface area contributed by atoms with Gasteiger partial charge >= 0.3 is 0 Å². The lowest BCUT2D eigenvalue weighted by atomic mass is 9.83. The minimum absolute atomic E-state index is 0.00683. The lowest BCUT2D eigenvalue weighted by molar-refractivity contribution is -0.149. The molecular weight excluding hydrogens is 723 g/mol. The third-order valence-electron chi connectivity index (χ3n) is 12.8. The van der Waals surface area contributed by atoms with E-state index in [2.05, 4.69) is 43.2 Å². The van der Waals surface area contributed by atoms with Gasteiger partial charge in [0.15, 0.2) is 5.78 Å². The summed E-state index contributed by atoms with van der Waals surface area (Å²) in [5.41, 5.74) is 0.983. The van der Waals surface area contributed by atoms with Gasteiger partial charge in [0.25, 0.3) is 0 Å². The van der Waals surface area contributed by atoms with Crippen molar-refractivity contribution in [3.8, 4) is 0 Å². The highest BCUT2D eigenvalue weighted by Gasteiger charge is 2.43. The predicted octanol–water partition coefficient (Wildman–Crippen LogP) is 4.63. The van der Waals surface area contributed by atoms with E-state index in [1.54, 1.807) is 33.2 Å². The fraction of sp³-hybridized carbons (Fsp3) is 0.756. The Bertz CT molecular complexity index is 1430. The first-order chi connectivity index (χ1) is 27.1. The highest BCUT2D eigenvalue weighted by Crippen LogP contribution is 2.32. The molecule has 2 N–H and O–H groups in total. The number of nitrogens with zero attached hydrogens (tertiary/aromatic N) is 3. The van der Waals surface area contributed by atoms with Crippen molar-refractivity contribution in [1.82, 2.24) is 25.3 Å². The quantitative estimate of drug-likeness (QED) is 0.163. The van der Waals surface area contributed by atoms with Crippen molar-refractivity contribution in [3.05, 3.63) is 35.9 Å².